The lowest BCUT2D eigenvalue weighted by atomic mass is 9.95. The molecule has 190 valence electrons. The van der Waals surface area contributed by atoms with Gasteiger partial charge in [-0.2, -0.15) is 0 Å². The molecular weight excluding hydrogens is 493 g/mol. The monoisotopic (exact) mass is 523 g/mol. The molecule has 1 aliphatic heterocycles. The third-order valence-corrected chi connectivity index (χ3v) is 6.54. The maximum Gasteiger partial charge on any atom is 0.323 e. The molecular formula is C25H31Cl2N3O5. The highest BCUT2D eigenvalue weighted by atomic mass is 35.5. The summed E-state index contributed by atoms with van der Waals surface area (Å²) in [4.78, 5) is 26.7. The lowest BCUT2D eigenvalue weighted by Gasteiger charge is -2.36. The van der Waals surface area contributed by atoms with Crippen LogP contribution in [0, 0.1) is 0 Å². The Morgan fingerprint density at radius 3 is 2.49 bits per heavy atom. The molecule has 0 unspecified atom stereocenters. The van der Waals surface area contributed by atoms with Crippen LogP contribution in [0.2, 0.25) is 10.0 Å². The van der Waals surface area contributed by atoms with Crippen LogP contribution < -0.4 is 15.5 Å². The van der Waals surface area contributed by atoms with Crippen molar-refractivity contribution < 1.29 is 24.2 Å². The molecule has 1 fully saturated rings. The number of hydrogen-bond acceptors (Lipinski definition) is 5. The minimum absolute atomic E-state index is 0.0866. The van der Waals surface area contributed by atoms with Crippen molar-refractivity contribution in [3.63, 3.8) is 0 Å². The van der Waals surface area contributed by atoms with Crippen LogP contribution in [0.25, 0.3) is 0 Å². The van der Waals surface area contributed by atoms with E-state index in [2.05, 4.69) is 22.5 Å². The molecule has 1 aliphatic rings. The Labute approximate surface area is 215 Å². The van der Waals surface area contributed by atoms with E-state index in [-0.39, 0.29) is 25.0 Å². The molecule has 2 aromatic rings. The quantitative estimate of drug-likeness (QED) is 0.361. The van der Waals surface area contributed by atoms with Gasteiger partial charge in [-0.25, -0.2) is 4.79 Å². The molecule has 0 aromatic heterocycles. The van der Waals surface area contributed by atoms with E-state index >= 15 is 0 Å². The summed E-state index contributed by atoms with van der Waals surface area (Å²) in [6.07, 6.45) is 1.68. The molecule has 1 heterocycles. The summed E-state index contributed by atoms with van der Waals surface area (Å²) < 4.78 is 10.8. The zero-order chi connectivity index (χ0) is 25.4. The van der Waals surface area contributed by atoms with Crippen LogP contribution in [0.3, 0.4) is 0 Å². The van der Waals surface area contributed by atoms with E-state index in [4.69, 9.17) is 32.7 Å². The summed E-state index contributed by atoms with van der Waals surface area (Å²) in [6.45, 7) is 4.42. The maximum absolute atomic E-state index is 13.0. The first-order chi connectivity index (χ1) is 16.8. The van der Waals surface area contributed by atoms with Crippen LogP contribution >= 0.6 is 23.2 Å². The highest BCUT2D eigenvalue weighted by Gasteiger charge is 2.25. The maximum atomic E-state index is 13.0. The molecule has 0 bridgehead atoms. The number of ether oxygens (including phenoxy) is 2. The van der Waals surface area contributed by atoms with Gasteiger partial charge in [0.1, 0.15) is 0 Å². The van der Waals surface area contributed by atoms with Gasteiger partial charge in [-0.3, -0.25) is 4.79 Å². The number of halogens is 2. The standard InChI is InChI=1S/C25H31Cl2N3O5/c1-3-30(19-8-10-35-11-9-19)23-7-4-16(17(15-34-2)13-24(31)32)12-22(23)29-25(33)28-21-6-5-18(26)14-20(21)27/h4-7,12,14,17,19H,3,8-11,13,15H2,1-2H3,(H,31,32)(H2,28,29,33)/t17-/m0/s1. The van der Waals surface area contributed by atoms with Crippen LogP contribution in [0.5, 0.6) is 0 Å². The molecule has 35 heavy (non-hydrogen) atoms. The van der Waals surface area contributed by atoms with Crippen molar-refractivity contribution in [2.75, 3.05) is 49.0 Å². The Morgan fingerprint density at radius 1 is 1.14 bits per heavy atom. The number of urea groups is 1. The number of benzene rings is 2. The fourth-order valence-corrected chi connectivity index (χ4v) is 4.79. The van der Waals surface area contributed by atoms with Crippen LogP contribution in [0.1, 0.15) is 37.7 Å². The molecule has 0 spiro atoms. The second-order valence-electron chi connectivity index (χ2n) is 8.36. The summed E-state index contributed by atoms with van der Waals surface area (Å²) >= 11 is 12.2. The number of carbonyl (C=O) groups is 2. The largest absolute Gasteiger partial charge is 0.481 e. The number of carboxylic acids is 1. The molecule has 0 saturated carbocycles. The number of rotatable bonds is 10. The van der Waals surface area contributed by atoms with Crippen molar-refractivity contribution >= 4 is 52.3 Å². The minimum Gasteiger partial charge on any atom is -0.481 e. The highest BCUT2D eigenvalue weighted by Crippen LogP contribution is 2.34. The summed E-state index contributed by atoms with van der Waals surface area (Å²) in [5, 5.41) is 15.9. The number of aliphatic carboxylic acids is 1. The van der Waals surface area contributed by atoms with Gasteiger partial charge in [0.15, 0.2) is 0 Å². The number of carbonyl (C=O) groups excluding carboxylic acids is 1. The van der Waals surface area contributed by atoms with E-state index in [1.807, 2.05) is 18.2 Å². The van der Waals surface area contributed by atoms with E-state index in [1.54, 1.807) is 18.2 Å². The second-order valence-corrected chi connectivity index (χ2v) is 9.20. The molecule has 1 atom stereocenters. The molecule has 1 saturated heterocycles. The predicted octanol–water partition coefficient (Wildman–Crippen LogP) is 5.85. The Bertz CT molecular complexity index is 1030. The Balaban J connectivity index is 1.94. The highest BCUT2D eigenvalue weighted by molar-refractivity contribution is 6.36. The number of nitrogens with zero attached hydrogens (tertiary/aromatic N) is 1. The number of methoxy groups -OCH3 is 1. The van der Waals surface area contributed by atoms with E-state index in [0.29, 0.717) is 34.6 Å². The summed E-state index contributed by atoms with van der Waals surface area (Å²) in [7, 11) is 1.54. The van der Waals surface area contributed by atoms with E-state index < -0.39 is 12.0 Å². The second kappa shape index (κ2) is 13.0. The van der Waals surface area contributed by atoms with Crippen LogP contribution in [0.15, 0.2) is 36.4 Å². The van der Waals surface area contributed by atoms with Crippen molar-refractivity contribution in [1.29, 1.82) is 0 Å². The summed E-state index contributed by atoms with van der Waals surface area (Å²) in [5.74, 6) is -1.28. The first-order valence-electron chi connectivity index (χ1n) is 11.5. The van der Waals surface area contributed by atoms with Gasteiger partial charge in [-0.1, -0.05) is 29.3 Å². The zero-order valence-electron chi connectivity index (χ0n) is 19.9. The number of carboxylic acid groups (broad SMARTS) is 1. The van der Waals surface area contributed by atoms with Gasteiger partial charge < -0.3 is 30.1 Å². The molecule has 3 N–H and O–H groups in total. The van der Waals surface area contributed by atoms with Gasteiger partial charge in [0, 0.05) is 43.9 Å². The van der Waals surface area contributed by atoms with E-state index in [9.17, 15) is 14.7 Å². The first-order valence-corrected chi connectivity index (χ1v) is 12.3. The molecule has 3 rings (SSSR count). The van der Waals surface area contributed by atoms with Gasteiger partial charge in [-0.15, -0.1) is 0 Å². The zero-order valence-corrected chi connectivity index (χ0v) is 21.4. The Kier molecular flexibility index (Phi) is 10.0. The van der Waals surface area contributed by atoms with E-state index in [1.165, 1.54) is 7.11 Å². The van der Waals surface area contributed by atoms with Gasteiger partial charge in [-0.05, 0) is 55.7 Å². The fraction of sp³-hybridized carbons (Fsp3) is 0.440. The van der Waals surface area contributed by atoms with Gasteiger partial charge in [0.25, 0.3) is 0 Å². The van der Waals surface area contributed by atoms with Crippen molar-refractivity contribution in [1.82, 2.24) is 0 Å². The van der Waals surface area contributed by atoms with Crippen LogP contribution in [0.4, 0.5) is 21.9 Å². The van der Waals surface area contributed by atoms with Gasteiger partial charge in [0.05, 0.1) is 35.1 Å². The average molecular weight is 524 g/mol. The first kappa shape index (κ1) is 27.1. The minimum atomic E-state index is -0.918. The predicted molar refractivity (Wildman–Crippen MR) is 139 cm³/mol. The number of nitrogens with one attached hydrogen (secondary N) is 2. The van der Waals surface area contributed by atoms with Crippen LogP contribution in [-0.2, 0) is 14.3 Å². The smallest absolute Gasteiger partial charge is 0.323 e. The topological polar surface area (TPSA) is 100 Å². The van der Waals surface area contributed by atoms with E-state index in [0.717, 1.165) is 30.6 Å². The van der Waals surface area contributed by atoms with Gasteiger partial charge >= 0.3 is 12.0 Å². The molecule has 2 amide bonds. The van der Waals surface area contributed by atoms with Crippen molar-refractivity contribution in [2.45, 2.75) is 38.1 Å². The summed E-state index contributed by atoms with van der Waals surface area (Å²) in [5.41, 5.74) is 2.61. The SMILES string of the molecule is CCN(c1ccc([C@H](COC)CC(=O)O)cc1NC(=O)Nc1ccc(Cl)cc1Cl)C1CCOCC1. The number of amides is 2. The third kappa shape index (κ3) is 7.48. The van der Waals surface area contributed by atoms with Crippen molar-refractivity contribution in [3.8, 4) is 0 Å². The van der Waals surface area contributed by atoms with Crippen LogP contribution in [-0.4, -0.2) is 56.6 Å². The van der Waals surface area contributed by atoms with Crippen molar-refractivity contribution in [3.05, 3.63) is 52.0 Å². The number of hydrogen-bond donors (Lipinski definition) is 3. The summed E-state index contributed by atoms with van der Waals surface area (Å²) in [6, 6.07) is 10.3. The molecule has 0 aliphatic carbocycles. The fourth-order valence-electron chi connectivity index (χ4n) is 4.33. The average Bonchev–Trinajstić information content (AvgIpc) is 2.82. The molecule has 10 heteroatoms. The molecule has 2 aromatic carbocycles. The Morgan fingerprint density at radius 2 is 1.86 bits per heavy atom. The normalized spacial score (nSPS) is 14.9. The molecule has 8 nitrogen and oxygen atoms in total. The van der Waals surface area contributed by atoms with Crippen molar-refractivity contribution in [2.24, 2.45) is 0 Å². The third-order valence-electron chi connectivity index (χ3n) is 5.99. The van der Waals surface area contributed by atoms with Gasteiger partial charge in [0.2, 0.25) is 0 Å². The molecule has 0 radical (unpaired) electrons. The lowest BCUT2D eigenvalue weighted by Crippen LogP contribution is -2.40. The lowest BCUT2D eigenvalue weighted by molar-refractivity contribution is -0.137. The number of anilines is 3. The Hall–Kier alpha value is -2.52.